The highest BCUT2D eigenvalue weighted by Gasteiger charge is 2.28. The number of sulfonamides is 1. The molecule has 0 bridgehead atoms. The van der Waals surface area contributed by atoms with Crippen molar-refractivity contribution in [3.63, 3.8) is 0 Å². The lowest BCUT2D eigenvalue weighted by molar-refractivity contribution is 0.462. The van der Waals surface area contributed by atoms with Gasteiger partial charge in [-0.1, -0.05) is 13.8 Å². The molecule has 0 aromatic rings. The van der Waals surface area contributed by atoms with Crippen LogP contribution in [0, 0.1) is 5.92 Å². The summed E-state index contributed by atoms with van der Waals surface area (Å²) >= 11 is 0. The fourth-order valence-corrected chi connectivity index (χ4v) is 3.80. The molecule has 1 unspecified atom stereocenters. The largest absolute Gasteiger partial charge is 0.317 e. The van der Waals surface area contributed by atoms with Gasteiger partial charge < -0.3 is 5.32 Å². The molecule has 0 aliphatic carbocycles. The molecule has 0 saturated carbocycles. The van der Waals surface area contributed by atoms with Gasteiger partial charge in [0.15, 0.2) is 0 Å². The normalized spacial score (nSPS) is 22.1. The van der Waals surface area contributed by atoms with Crippen LogP contribution >= 0.6 is 0 Å². The molecule has 1 aliphatic heterocycles. The van der Waals surface area contributed by atoms with Gasteiger partial charge in [0, 0.05) is 13.1 Å². The first-order chi connectivity index (χ1) is 8.06. The van der Waals surface area contributed by atoms with E-state index < -0.39 is 10.0 Å². The van der Waals surface area contributed by atoms with Crippen LogP contribution in [-0.4, -0.2) is 44.7 Å². The summed E-state index contributed by atoms with van der Waals surface area (Å²) in [5.74, 6) is 0.837. The summed E-state index contributed by atoms with van der Waals surface area (Å²) in [5.41, 5.74) is 0. The zero-order valence-corrected chi connectivity index (χ0v) is 11.9. The summed E-state index contributed by atoms with van der Waals surface area (Å²) in [6, 6.07) is 0. The second kappa shape index (κ2) is 7.34. The topological polar surface area (TPSA) is 49.4 Å². The van der Waals surface area contributed by atoms with Crippen molar-refractivity contribution in [3.05, 3.63) is 0 Å². The van der Waals surface area contributed by atoms with Gasteiger partial charge in [-0.3, -0.25) is 0 Å². The molecule has 17 heavy (non-hydrogen) atoms. The van der Waals surface area contributed by atoms with E-state index in [4.69, 9.17) is 0 Å². The molecule has 4 nitrogen and oxygen atoms in total. The minimum Gasteiger partial charge on any atom is -0.317 e. The lowest BCUT2D eigenvalue weighted by Gasteiger charge is -2.15. The van der Waals surface area contributed by atoms with Crippen LogP contribution in [-0.2, 0) is 10.0 Å². The van der Waals surface area contributed by atoms with Gasteiger partial charge in [-0.2, -0.15) is 0 Å². The molecule has 1 fully saturated rings. The average molecular weight is 262 g/mol. The summed E-state index contributed by atoms with van der Waals surface area (Å²) in [6.07, 6.45) is 3.85. The molecule has 1 heterocycles. The Kier molecular flexibility index (Phi) is 6.44. The van der Waals surface area contributed by atoms with Crippen LogP contribution in [0.3, 0.4) is 0 Å². The maximum absolute atomic E-state index is 12.0. The Morgan fingerprint density at radius 1 is 1.29 bits per heavy atom. The second-order valence-electron chi connectivity index (χ2n) is 5.02. The Morgan fingerprint density at radius 2 is 2.06 bits per heavy atom. The van der Waals surface area contributed by atoms with Gasteiger partial charge in [0.1, 0.15) is 0 Å². The highest BCUT2D eigenvalue weighted by atomic mass is 32.2. The molecule has 0 spiro atoms. The fraction of sp³-hybridized carbons (Fsp3) is 1.00. The van der Waals surface area contributed by atoms with E-state index in [-0.39, 0.29) is 0 Å². The van der Waals surface area contributed by atoms with Gasteiger partial charge in [0.05, 0.1) is 5.75 Å². The summed E-state index contributed by atoms with van der Waals surface area (Å²) in [5, 5.41) is 3.29. The highest BCUT2D eigenvalue weighted by molar-refractivity contribution is 7.89. The van der Waals surface area contributed by atoms with Crippen molar-refractivity contribution in [2.45, 2.75) is 39.5 Å². The minimum absolute atomic E-state index is 0.313. The van der Waals surface area contributed by atoms with Crippen LogP contribution in [0.2, 0.25) is 0 Å². The van der Waals surface area contributed by atoms with E-state index in [9.17, 15) is 8.42 Å². The lowest BCUT2D eigenvalue weighted by atomic mass is 10.2. The molecule has 102 valence electrons. The van der Waals surface area contributed by atoms with Crippen LogP contribution < -0.4 is 5.32 Å². The third-order valence-electron chi connectivity index (χ3n) is 3.21. The Labute approximate surface area is 106 Å². The number of hydrogen-bond acceptors (Lipinski definition) is 3. The van der Waals surface area contributed by atoms with Gasteiger partial charge in [-0.15, -0.1) is 0 Å². The van der Waals surface area contributed by atoms with Crippen LogP contribution in [0.15, 0.2) is 0 Å². The molecule has 1 saturated heterocycles. The molecular formula is C12H26N2O2S. The smallest absolute Gasteiger partial charge is 0.214 e. The summed E-state index contributed by atoms with van der Waals surface area (Å²) in [7, 11) is -2.98. The Morgan fingerprint density at radius 3 is 2.65 bits per heavy atom. The molecule has 1 rings (SSSR count). The quantitative estimate of drug-likeness (QED) is 0.673. The highest BCUT2D eigenvalue weighted by Crippen LogP contribution is 2.19. The van der Waals surface area contributed by atoms with Gasteiger partial charge in [0.2, 0.25) is 10.0 Å². The predicted octanol–water partition coefficient (Wildman–Crippen LogP) is 1.44. The second-order valence-corrected chi connectivity index (χ2v) is 7.11. The Bertz CT molecular complexity index is 304. The molecule has 0 aromatic carbocycles. The number of nitrogens with one attached hydrogen (secondary N) is 1. The van der Waals surface area contributed by atoms with E-state index in [0.29, 0.717) is 11.7 Å². The third-order valence-corrected chi connectivity index (χ3v) is 5.14. The number of hydrogen-bond donors (Lipinski definition) is 1. The number of nitrogens with zero attached hydrogens (tertiary/aromatic N) is 1. The number of rotatable bonds is 8. The molecule has 0 aromatic heterocycles. The van der Waals surface area contributed by atoms with Crippen molar-refractivity contribution < 1.29 is 8.42 Å². The van der Waals surface area contributed by atoms with Crippen molar-refractivity contribution >= 4 is 10.0 Å². The van der Waals surface area contributed by atoms with Crippen LogP contribution in [0.4, 0.5) is 0 Å². The first kappa shape index (κ1) is 14.9. The Hall–Kier alpha value is -0.130. The predicted molar refractivity (Wildman–Crippen MR) is 71.5 cm³/mol. The van der Waals surface area contributed by atoms with Crippen LogP contribution in [0.5, 0.6) is 0 Å². The van der Waals surface area contributed by atoms with Gasteiger partial charge in [0.25, 0.3) is 0 Å². The third kappa shape index (κ3) is 5.36. The van der Waals surface area contributed by atoms with E-state index in [1.54, 1.807) is 4.31 Å². The Balaban J connectivity index is 2.17. The average Bonchev–Trinajstić information content (AvgIpc) is 2.71. The van der Waals surface area contributed by atoms with E-state index in [1.165, 1.54) is 0 Å². The molecule has 5 heteroatoms. The van der Waals surface area contributed by atoms with Crippen molar-refractivity contribution in [1.29, 1.82) is 0 Å². The van der Waals surface area contributed by atoms with Gasteiger partial charge >= 0.3 is 0 Å². The lowest BCUT2D eigenvalue weighted by Crippen LogP contribution is -2.31. The van der Waals surface area contributed by atoms with Gasteiger partial charge in [-0.05, 0) is 44.7 Å². The molecule has 0 radical (unpaired) electrons. The van der Waals surface area contributed by atoms with Crippen molar-refractivity contribution in [2.24, 2.45) is 5.92 Å². The first-order valence-electron chi connectivity index (χ1n) is 6.75. The summed E-state index contributed by atoms with van der Waals surface area (Å²) in [4.78, 5) is 0. The summed E-state index contributed by atoms with van der Waals surface area (Å²) < 4.78 is 25.6. The molecule has 1 aliphatic rings. The number of unbranched alkanes of at least 4 members (excludes halogenated alkanes) is 1. The summed E-state index contributed by atoms with van der Waals surface area (Å²) in [6.45, 7) is 7.64. The van der Waals surface area contributed by atoms with E-state index in [2.05, 4.69) is 19.2 Å². The SMILES string of the molecule is CCCNCCCCS(=O)(=O)N1CCC(C)C1. The van der Waals surface area contributed by atoms with Crippen molar-refractivity contribution in [1.82, 2.24) is 9.62 Å². The maximum atomic E-state index is 12.0. The minimum atomic E-state index is -2.98. The molecule has 1 atom stereocenters. The standard InChI is InChI=1S/C12H26N2O2S/c1-3-7-13-8-4-5-10-17(15,16)14-9-6-12(2)11-14/h12-13H,3-11H2,1-2H3. The first-order valence-corrected chi connectivity index (χ1v) is 8.35. The monoisotopic (exact) mass is 262 g/mol. The van der Waals surface area contributed by atoms with Gasteiger partial charge in [-0.25, -0.2) is 12.7 Å². The van der Waals surface area contributed by atoms with Crippen LogP contribution in [0.1, 0.15) is 39.5 Å². The maximum Gasteiger partial charge on any atom is 0.214 e. The molecular weight excluding hydrogens is 236 g/mol. The zero-order chi connectivity index (χ0) is 12.7. The van der Waals surface area contributed by atoms with Crippen LogP contribution in [0.25, 0.3) is 0 Å². The van der Waals surface area contributed by atoms with E-state index in [0.717, 1.165) is 51.9 Å². The van der Waals surface area contributed by atoms with E-state index in [1.807, 2.05) is 0 Å². The fourth-order valence-electron chi connectivity index (χ4n) is 2.11. The van der Waals surface area contributed by atoms with E-state index >= 15 is 0 Å². The molecule has 0 amide bonds. The van der Waals surface area contributed by atoms with Crippen molar-refractivity contribution in [3.8, 4) is 0 Å². The zero-order valence-electron chi connectivity index (χ0n) is 11.1. The molecule has 1 N–H and O–H groups in total. The van der Waals surface area contributed by atoms with Crippen molar-refractivity contribution in [2.75, 3.05) is 31.9 Å².